The van der Waals surface area contributed by atoms with Crippen LogP contribution < -0.4 is 10.1 Å². The van der Waals surface area contributed by atoms with Crippen LogP contribution in [0, 0.1) is 11.3 Å². The highest BCUT2D eigenvalue weighted by Gasteiger charge is 2.23. The first-order chi connectivity index (χ1) is 13.7. The molecule has 2 aliphatic rings. The number of rotatable bonds is 4. The lowest BCUT2D eigenvalue weighted by molar-refractivity contribution is -0.143. The van der Waals surface area contributed by atoms with Crippen molar-refractivity contribution in [2.75, 3.05) is 18.5 Å². The Balaban J connectivity index is 1.38. The molecule has 1 aliphatic carbocycles. The first kappa shape index (κ1) is 18.3. The number of carbonyl (C=O) groups is 2. The van der Waals surface area contributed by atoms with Crippen molar-refractivity contribution in [3.8, 4) is 11.8 Å². The number of ether oxygens (including phenoxy) is 2. The van der Waals surface area contributed by atoms with E-state index in [1.165, 1.54) is 16.2 Å². The summed E-state index contributed by atoms with van der Waals surface area (Å²) in [5, 5.41) is 12.7. The van der Waals surface area contributed by atoms with E-state index in [4.69, 9.17) is 9.47 Å². The van der Waals surface area contributed by atoms with Gasteiger partial charge in [0.1, 0.15) is 23.4 Å². The summed E-state index contributed by atoms with van der Waals surface area (Å²) in [5.41, 5.74) is 2.75. The minimum atomic E-state index is -0.587. The number of nitrogens with one attached hydrogen (secondary N) is 1. The van der Waals surface area contributed by atoms with Gasteiger partial charge in [0.2, 0.25) is 0 Å². The van der Waals surface area contributed by atoms with E-state index in [0.717, 1.165) is 36.8 Å². The number of benzene rings is 1. The van der Waals surface area contributed by atoms with Gasteiger partial charge in [-0.1, -0.05) is 18.2 Å². The molecule has 0 spiro atoms. The highest BCUT2D eigenvalue weighted by Crippen LogP contribution is 2.37. The minimum Gasteiger partial charge on any atom is -0.488 e. The number of nitriles is 1. The number of thiophene rings is 1. The lowest BCUT2D eigenvalue weighted by atomic mass is 9.96. The zero-order valence-electron chi connectivity index (χ0n) is 15.1. The van der Waals surface area contributed by atoms with Crippen LogP contribution >= 0.6 is 11.3 Å². The average Bonchev–Trinajstić information content (AvgIpc) is 3.08. The van der Waals surface area contributed by atoms with Crippen molar-refractivity contribution < 1.29 is 19.1 Å². The molecule has 2 heterocycles. The maximum atomic E-state index is 12.2. The van der Waals surface area contributed by atoms with Crippen LogP contribution in [0.3, 0.4) is 0 Å². The summed E-state index contributed by atoms with van der Waals surface area (Å²) in [7, 11) is 0. The van der Waals surface area contributed by atoms with Gasteiger partial charge < -0.3 is 14.8 Å². The molecule has 28 heavy (non-hydrogen) atoms. The van der Waals surface area contributed by atoms with Gasteiger partial charge in [-0.2, -0.15) is 5.26 Å². The third-order valence-electron chi connectivity index (χ3n) is 4.76. The van der Waals surface area contributed by atoms with Gasteiger partial charge in [-0.3, -0.25) is 4.79 Å². The number of amides is 1. The van der Waals surface area contributed by atoms with Crippen molar-refractivity contribution in [2.45, 2.75) is 25.7 Å². The van der Waals surface area contributed by atoms with E-state index in [9.17, 15) is 14.9 Å². The van der Waals surface area contributed by atoms with Gasteiger partial charge in [0.05, 0.1) is 11.1 Å². The molecule has 1 aliphatic heterocycles. The SMILES string of the molecule is N#Cc1c(NC(=O)COC(=O)C2=Cc3ccccc3OC2)sc2c1CCCC2. The second kappa shape index (κ2) is 7.87. The minimum absolute atomic E-state index is 0.105. The summed E-state index contributed by atoms with van der Waals surface area (Å²) in [5.74, 6) is -0.334. The first-order valence-corrected chi connectivity index (χ1v) is 9.91. The number of aryl methyl sites for hydroxylation is 1. The fraction of sp³-hybridized carbons (Fsp3) is 0.286. The highest BCUT2D eigenvalue weighted by molar-refractivity contribution is 7.16. The molecule has 1 aromatic carbocycles. The van der Waals surface area contributed by atoms with E-state index in [0.29, 0.717) is 21.9 Å². The molecule has 2 aromatic rings. The van der Waals surface area contributed by atoms with Gasteiger partial charge in [-0.05, 0) is 43.4 Å². The Kier molecular flexibility index (Phi) is 5.13. The molecule has 4 rings (SSSR count). The summed E-state index contributed by atoms with van der Waals surface area (Å²) in [6, 6.07) is 9.58. The van der Waals surface area contributed by atoms with Crippen molar-refractivity contribution in [1.29, 1.82) is 5.26 Å². The summed E-state index contributed by atoms with van der Waals surface area (Å²) in [6.07, 6.45) is 5.68. The van der Waals surface area contributed by atoms with E-state index in [2.05, 4.69) is 11.4 Å². The second-order valence-corrected chi connectivity index (χ2v) is 7.75. The van der Waals surface area contributed by atoms with Gasteiger partial charge in [-0.25, -0.2) is 4.79 Å². The average molecular weight is 394 g/mol. The van der Waals surface area contributed by atoms with Crippen molar-refractivity contribution >= 4 is 34.3 Å². The van der Waals surface area contributed by atoms with E-state index in [-0.39, 0.29) is 6.61 Å². The summed E-state index contributed by atoms with van der Waals surface area (Å²) in [4.78, 5) is 25.6. The van der Waals surface area contributed by atoms with Crippen LogP contribution in [-0.2, 0) is 27.2 Å². The largest absolute Gasteiger partial charge is 0.488 e. The number of anilines is 1. The lowest BCUT2D eigenvalue weighted by Gasteiger charge is -2.16. The molecule has 1 amide bonds. The Morgan fingerprint density at radius 3 is 2.93 bits per heavy atom. The van der Waals surface area contributed by atoms with Crippen LogP contribution in [0.15, 0.2) is 29.8 Å². The van der Waals surface area contributed by atoms with Crippen molar-refractivity contribution in [3.05, 3.63) is 51.4 Å². The highest BCUT2D eigenvalue weighted by atomic mass is 32.1. The topological polar surface area (TPSA) is 88.4 Å². The third kappa shape index (κ3) is 3.64. The Bertz CT molecular complexity index is 1020. The molecule has 1 aromatic heterocycles. The number of para-hydroxylation sites is 1. The lowest BCUT2D eigenvalue weighted by Crippen LogP contribution is -2.23. The smallest absolute Gasteiger partial charge is 0.338 e. The standard InChI is InChI=1S/C21H18N2O4S/c22-10-16-15-6-2-4-8-18(15)28-20(16)23-19(24)12-27-21(25)14-9-13-5-1-3-7-17(13)26-11-14/h1,3,5,7,9H,2,4,6,8,11-12H2,(H,23,24). The Hall–Kier alpha value is -3.11. The summed E-state index contributed by atoms with van der Waals surface area (Å²) < 4.78 is 10.7. The first-order valence-electron chi connectivity index (χ1n) is 9.09. The molecule has 0 saturated heterocycles. The molecule has 0 bridgehead atoms. The number of esters is 1. The van der Waals surface area contributed by atoms with Gasteiger partial charge in [-0.15, -0.1) is 11.3 Å². The van der Waals surface area contributed by atoms with Crippen molar-refractivity contribution in [1.82, 2.24) is 0 Å². The predicted octanol–water partition coefficient (Wildman–Crippen LogP) is 3.46. The number of nitrogens with zero attached hydrogens (tertiary/aromatic N) is 1. The van der Waals surface area contributed by atoms with Crippen LogP contribution in [0.4, 0.5) is 5.00 Å². The van der Waals surface area contributed by atoms with Crippen molar-refractivity contribution in [3.63, 3.8) is 0 Å². The van der Waals surface area contributed by atoms with Crippen LogP contribution in [0.1, 0.15) is 34.4 Å². The molecule has 1 N–H and O–H groups in total. The van der Waals surface area contributed by atoms with E-state index in [1.807, 2.05) is 24.3 Å². The Morgan fingerprint density at radius 1 is 1.25 bits per heavy atom. The quantitative estimate of drug-likeness (QED) is 0.803. The maximum Gasteiger partial charge on any atom is 0.338 e. The third-order valence-corrected chi connectivity index (χ3v) is 5.97. The molecule has 7 heteroatoms. The Morgan fingerprint density at radius 2 is 2.07 bits per heavy atom. The van der Waals surface area contributed by atoms with Crippen LogP contribution in [-0.4, -0.2) is 25.1 Å². The van der Waals surface area contributed by atoms with E-state index in [1.54, 1.807) is 6.08 Å². The summed E-state index contributed by atoms with van der Waals surface area (Å²) in [6.45, 7) is -0.307. The zero-order chi connectivity index (χ0) is 19.5. The molecule has 142 valence electrons. The second-order valence-electron chi connectivity index (χ2n) is 6.65. The van der Waals surface area contributed by atoms with Gasteiger partial charge >= 0.3 is 5.97 Å². The molecular weight excluding hydrogens is 376 g/mol. The number of fused-ring (bicyclic) bond motifs is 2. The molecule has 0 unspecified atom stereocenters. The summed E-state index contributed by atoms with van der Waals surface area (Å²) >= 11 is 1.44. The van der Waals surface area contributed by atoms with Crippen LogP contribution in [0.25, 0.3) is 6.08 Å². The van der Waals surface area contributed by atoms with Gasteiger partial charge in [0.15, 0.2) is 6.61 Å². The van der Waals surface area contributed by atoms with E-state index < -0.39 is 18.5 Å². The van der Waals surface area contributed by atoms with Gasteiger partial charge in [0.25, 0.3) is 5.91 Å². The molecule has 0 radical (unpaired) electrons. The number of hydrogen-bond acceptors (Lipinski definition) is 6. The van der Waals surface area contributed by atoms with Crippen LogP contribution in [0.5, 0.6) is 5.75 Å². The fourth-order valence-electron chi connectivity index (χ4n) is 3.39. The van der Waals surface area contributed by atoms with Gasteiger partial charge in [0, 0.05) is 10.4 Å². The number of hydrogen-bond donors (Lipinski definition) is 1. The number of carbonyl (C=O) groups excluding carboxylic acids is 2. The maximum absolute atomic E-state index is 12.2. The zero-order valence-corrected chi connectivity index (χ0v) is 15.9. The predicted molar refractivity (Wildman–Crippen MR) is 105 cm³/mol. The molecule has 0 fully saturated rings. The van der Waals surface area contributed by atoms with E-state index >= 15 is 0 Å². The fourth-order valence-corrected chi connectivity index (χ4v) is 4.65. The van der Waals surface area contributed by atoms with Crippen molar-refractivity contribution in [2.24, 2.45) is 0 Å². The van der Waals surface area contributed by atoms with Crippen LogP contribution in [0.2, 0.25) is 0 Å². The monoisotopic (exact) mass is 394 g/mol. The molecule has 6 nitrogen and oxygen atoms in total. The Labute approximate surface area is 166 Å². The normalized spacial score (nSPS) is 14.6. The molecule has 0 saturated carbocycles. The molecule has 0 atom stereocenters. The molecular formula is C21H18N2O4S.